The lowest BCUT2D eigenvalue weighted by atomic mass is 10.0. The Morgan fingerprint density at radius 3 is 2.18 bits per heavy atom. The molecule has 0 bridgehead atoms. The molecule has 1 saturated heterocycles. The minimum Gasteiger partial charge on any atom is -0.336 e. The summed E-state index contributed by atoms with van der Waals surface area (Å²) >= 11 is 0. The van der Waals surface area contributed by atoms with Crippen LogP contribution in [0.25, 0.3) is 0 Å². The van der Waals surface area contributed by atoms with Crippen molar-refractivity contribution in [2.24, 2.45) is 0 Å². The van der Waals surface area contributed by atoms with Gasteiger partial charge in [-0.25, -0.2) is 4.39 Å². The van der Waals surface area contributed by atoms with Gasteiger partial charge in [0, 0.05) is 43.9 Å². The lowest BCUT2D eigenvalue weighted by Crippen LogP contribution is -2.48. The molecule has 2 aliphatic heterocycles. The fourth-order valence-corrected chi connectivity index (χ4v) is 4.49. The number of amides is 3. The van der Waals surface area contributed by atoms with Crippen molar-refractivity contribution in [3.8, 4) is 0 Å². The number of benzene rings is 3. The van der Waals surface area contributed by atoms with Crippen molar-refractivity contribution >= 4 is 17.7 Å². The van der Waals surface area contributed by atoms with Gasteiger partial charge in [-0.05, 0) is 29.8 Å². The van der Waals surface area contributed by atoms with Crippen molar-refractivity contribution < 1.29 is 18.8 Å². The second-order valence-corrected chi connectivity index (χ2v) is 8.60. The van der Waals surface area contributed by atoms with Crippen molar-refractivity contribution in [3.63, 3.8) is 0 Å². The minimum atomic E-state index is -0.381. The van der Waals surface area contributed by atoms with E-state index < -0.39 is 0 Å². The van der Waals surface area contributed by atoms with Crippen LogP contribution >= 0.6 is 0 Å². The molecule has 0 N–H and O–H groups in total. The van der Waals surface area contributed by atoms with Crippen LogP contribution in [0, 0.1) is 5.82 Å². The average molecular weight is 458 g/mol. The number of hydrogen-bond donors (Lipinski definition) is 0. The zero-order valence-electron chi connectivity index (χ0n) is 18.6. The number of imide groups is 1. The third-order valence-corrected chi connectivity index (χ3v) is 6.41. The summed E-state index contributed by atoms with van der Waals surface area (Å²) < 4.78 is 13.9. The van der Waals surface area contributed by atoms with Gasteiger partial charge in [-0.3, -0.25) is 24.2 Å². The van der Waals surface area contributed by atoms with Crippen LogP contribution in [0.5, 0.6) is 0 Å². The number of piperazine rings is 1. The van der Waals surface area contributed by atoms with Gasteiger partial charge < -0.3 is 4.90 Å². The van der Waals surface area contributed by atoms with E-state index in [-0.39, 0.29) is 35.6 Å². The Morgan fingerprint density at radius 1 is 0.765 bits per heavy atom. The highest BCUT2D eigenvalue weighted by atomic mass is 19.1. The Balaban J connectivity index is 1.25. The number of carbonyl (C=O) groups is 3. The smallest absolute Gasteiger partial charge is 0.261 e. The van der Waals surface area contributed by atoms with Gasteiger partial charge >= 0.3 is 0 Å². The zero-order chi connectivity index (χ0) is 23.7. The first-order valence-electron chi connectivity index (χ1n) is 11.3. The third-order valence-electron chi connectivity index (χ3n) is 6.41. The second kappa shape index (κ2) is 9.19. The number of rotatable bonds is 5. The van der Waals surface area contributed by atoms with Crippen LogP contribution in [-0.2, 0) is 13.1 Å². The van der Waals surface area contributed by atoms with Crippen molar-refractivity contribution in [2.75, 3.05) is 26.2 Å². The van der Waals surface area contributed by atoms with E-state index in [9.17, 15) is 18.8 Å². The first-order valence-corrected chi connectivity index (χ1v) is 11.3. The first kappa shape index (κ1) is 22.0. The Bertz CT molecular complexity index is 1250. The molecule has 0 aromatic heterocycles. The third kappa shape index (κ3) is 4.22. The van der Waals surface area contributed by atoms with Gasteiger partial charge in [0.25, 0.3) is 17.7 Å². The quantitative estimate of drug-likeness (QED) is 0.550. The highest BCUT2D eigenvalue weighted by Crippen LogP contribution is 2.26. The van der Waals surface area contributed by atoms with Gasteiger partial charge in [-0.2, -0.15) is 0 Å². The zero-order valence-corrected chi connectivity index (χ0v) is 18.6. The van der Waals surface area contributed by atoms with E-state index in [1.54, 1.807) is 29.2 Å². The maximum atomic E-state index is 13.9. The summed E-state index contributed by atoms with van der Waals surface area (Å²) in [6, 6.07) is 20.8. The molecule has 172 valence electrons. The summed E-state index contributed by atoms with van der Waals surface area (Å²) in [5, 5.41) is 0. The summed E-state index contributed by atoms with van der Waals surface area (Å²) in [4.78, 5) is 43.9. The standard InChI is InChI=1S/C27H24FN3O3/c28-24-9-5-4-8-21(24)18-29-12-14-30(15-13-29)25(32)20-10-11-22-23(16-20)27(34)31(26(22)33)17-19-6-2-1-3-7-19/h1-11,16H,12-15,17-18H2. The largest absolute Gasteiger partial charge is 0.336 e. The molecular formula is C27H24FN3O3. The minimum absolute atomic E-state index is 0.171. The van der Waals surface area contributed by atoms with Crippen LogP contribution in [0.2, 0.25) is 0 Å². The van der Waals surface area contributed by atoms with Gasteiger partial charge in [-0.1, -0.05) is 48.5 Å². The van der Waals surface area contributed by atoms with E-state index in [4.69, 9.17) is 0 Å². The average Bonchev–Trinajstić information content (AvgIpc) is 3.10. The van der Waals surface area contributed by atoms with Crippen LogP contribution in [-0.4, -0.2) is 58.6 Å². The molecule has 3 amide bonds. The van der Waals surface area contributed by atoms with Crippen LogP contribution in [0.15, 0.2) is 72.8 Å². The van der Waals surface area contributed by atoms with E-state index in [0.29, 0.717) is 49.4 Å². The molecule has 0 saturated carbocycles. The predicted molar refractivity (Wildman–Crippen MR) is 125 cm³/mol. The molecule has 0 spiro atoms. The summed E-state index contributed by atoms with van der Waals surface area (Å²) in [6.45, 7) is 2.98. The molecule has 6 nitrogen and oxygen atoms in total. The highest BCUT2D eigenvalue weighted by molar-refractivity contribution is 6.22. The molecule has 1 fully saturated rings. The van der Waals surface area contributed by atoms with E-state index in [0.717, 1.165) is 5.56 Å². The number of nitrogens with zero attached hydrogens (tertiary/aromatic N) is 3. The summed E-state index contributed by atoms with van der Waals surface area (Å²) in [5.74, 6) is -1.12. The van der Waals surface area contributed by atoms with Gasteiger partial charge in [0.15, 0.2) is 0 Å². The molecule has 0 aliphatic carbocycles. The molecule has 3 aromatic rings. The molecule has 2 heterocycles. The molecule has 5 rings (SSSR count). The normalized spacial score (nSPS) is 16.1. The fraction of sp³-hybridized carbons (Fsp3) is 0.222. The van der Waals surface area contributed by atoms with Crippen molar-refractivity contribution in [3.05, 3.63) is 106 Å². The fourth-order valence-electron chi connectivity index (χ4n) is 4.49. The van der Waals surface area contributed by atoms with Crippen molar-refractivity contribution in [1.29, 1.82) is 0 Å². The SMILES string of the molecule is O=C(c1ccc2c(c1)C(=O)N(Cc1ccccc1)C2=O)N1CCN(Cc2ccccc2F)CC1. The Kier molecular flexibility index (Phi) is 5.94. The van der Waals surface area contributed by atoms with Gasteiger partial charge in [0.1, 0.15) is 5.82 Å². The van der Waals surface area contributed by atoms with Crippen LogP contribution in [0.3, 0.4) is 0 Å². The number of hydrogen-bond acceptors (Lipinski definition) is 4. The molecule has 7 heteroatoms. The lowest BCUT2D eigenvalue weighted by molar-refractivity contribution is 0.0624. The molecule has 2 aliphatic rings. The van der Waals surface area contributed by atoms with Crippen molar-refractivity contribution in [2.45, 2.75) is 13.1 Å². The maximum absolute atomic E-state index is 13.9. The predicted octanol–water partition coefficient (Wildman–Crippen LogP) is 3.58. The van der Waals surface area contributed by atoms with Crippen LogP contribution < -0.4 is 0 Å². The molecular weight excluding hydrogens is 433 g/mol. The number of halogens is 1. The summed E-state index contributed by atoms with van der Waals surface area (Å²) in [6.07, 6.45) is 0. The highest BCUT2D eigenvalue weighted by Gasteiger charge is 2.36. The molecule has 3 aromatic carbocycles. The van der Waals surface area contributed by atoms with E-state index >= 15 is 0 Å². The van der Waals surface area contributed by atoms with E-state index in [2.05, 4.69) is 4.90 Å². The lowest BCUT2D eigenvalue weighted by Gasteiger charge is -2.34. The molecule has 34 heavy (non-hydrogen) atoms. The molecule has 0 unspecified atom stereocenters. The van der Waals surface area contributed by atoms with Crippen LogP contribution in [0.4, 0.5) is 4.39 Å². The van der Waals surface area contributed by atoms with Gasteiger partial charge in [-0.15, -0.1) is 0 Å². The topological polar surface area (TPSA) is 60.9 Å². The summed E-state index contributed by atoms with van der Waals surface area (Å²) in [7, 11) is 0. The van der Waals surface area contributed by atoms with Gasteiger partial charge in [0.05, 0.1) is 17.7 Å². The summed E-state index contributed by atoms with van der Waals surface area (Å²) in [5.41, 5.74) is 2.49. The Morgan fingerprint density at radius 2 is 1.44 bits per heavy atom. The number of carbonyl (C=O) groups excluding carboxylic acids is 3. The first-order chi connectivity index (χ1) is 16.5. The molecule has 0 radical (unpaired) electrons. The molecule has 0 atom stereocenters. The van der Waals surface area contributed by atoms with Gasteiger partial charge in [0.2, 0.25) is 0 Å². The Labute approximate surface area is 197 Å². The van der Waals surface area contributed by atoms with Crippen LogP contribution in [0.1, 0.15) is 42.2 Å². The van der Waals surface area contributed by atoms with Crippen molar-refractivity contribution in [1.82, 2.24) is 14.7 Å². The number of fused-ring (bicyclic) bond motifs is 1. The Hall–Kier alpha value is -3.84. The monoisotopic (exact) mass is 457 g/mol. The van der Waals surface area contributed by atoms with E-state index in [1.165, 1.54) is 17.0 Å². The maximum Gasteiger partial charge on any atom is 0.261 e. The van der Waals surface area contributed by atoms with E-state index in [1.807, 2.05) is 36.4 Å². The second-order valence-electron chi connectivity index (χ2n) is 8.60.